The molecule has 0 N–H and O–H groups in total. The van der Waals surface area contributed by atoms with Gasteiger partial charge in [-0.25, -0.2) is 9.37 Å². The second-order valence-corrected chi connectivity index (χ2v) is 7.35. The summed E-state index contributed by atoms with van der Waals surface area (Å²) >= 11 is 1.55. The molecular formula is C18H22FN3OS. The van der Waals surface area contributed by atoms with Gasteiger partial charge in [-0.2, -0.15) is 0 Å². The second-order valence-electron chi connectivity index (χ2n) is 6.41. The minimum atomic E-state index is -0.231. The monoisotopic (exact) mass is 347 g/mol. The van der Waals surface area contributed by atoms with E-state index in [1.807, 2.05) is 10.3 Å². The molecule has 6 heteroatoms. The van der Waals surface area contributed by atoms with Crippen molar-refractivity contribution in [1.82, 2.24) is 14.8 Å². The van der Waals surface area contributed by atoms with E-state index in [2.05, 4.69) is 23.9 Å². The van der Waals surface area contributed by atoms with Gasteiger partial charge in [0.2, 0.25) is 5.91 Å². The Morgan fingerprint density at radius 3 is 2.79 bits per heavy atom. The van der Waals surface area contributed by atoms with Gasteiger partial charge in [0.05, 0.1) is 17.1 Å². The third kappa shape index (κ3) is 4.19. The Morgan fingerprint density at radius 1 is 1.33 bits per heavy atom. The highest BCUT2D eigenvalue weighted by Gasteiger charge is 2.26. The van der Waals surface area contributed by atoms with Crippen molar-refractivity contribution in [1.29, 1.82) is 0 Å². The van der Waals surface area contributed by atoms with Gasteiger partial charge in [-0.05, 0) is 31.7 Å². The van der Waals surface area contributed by atoms with Crippen LogP contribution in [0.3, 0.4) is 0 Å². The van der Waals surface area contributed by atoms with E-state index in [1.54, 1.807) is 23.5 Å². The number of carbonyl (C=O) groups is 1. The molecule has 0 radical (unpaired) electrons. The van der Waals surface area contributed by atoms with Crippen molar-refractivity contribution in [3.63, 3.8) is 0 Å². The molecule has 1 fully saturated rings. The van der Waals surface area contributed by atoms with Crippen molar-refractivity contribution in [3.05, 3.63) is 51.7 Å². The summed E-state index contributed by atoms with van der Waals surface area (Å²) in [5.74, 6) is -0.0836. The molecule has 0 aliphatic carbocycles. The number of piperazine rings is 1. The molecule has 3 rings (SSSR count). The van der Waals surface area contributed by atoms with Crippen LogP contribution in [0.2, 0.25) is 0 Å². The third-order valence-electron chi connectivity index (χ3n) is 4.35. The maximum atomic E-state index is 12.9. The number of hydrogen-bond donors (Lipinski definition) is 0. The zero-order valence-corrected chi connectivity index (χ0v) is 14.9. The van der Waals surface area contributed by atoms with E-state index in [9.17, 15) is 9.18 Å². The first-order valence-electron chi connectivity index (χ1n) is 8.17. The summed E-state index contributed by atoms with van der Waals surface area (Å²) in [6, 6.07) is 6.71. The van der Waals surface area contributed by atoms with Crippen LogP contribution >= 0.6 is 11.3 Å². The van der Waals surface area contributed by atoms with E-state index in [0.717, 1.165) is 35.9 Å². The molecule has 2 heterocycles. The van der Waals surface area contributed by atoms with Crippen molar-refractivity contribution in [3.8, 4) is 0 Å². The van der Waals surface area contributed by atoms with Gasteiger partial charge in [-0.1, -0.05) is 12.1 Å². The minimum Gasteiger partial charge on any atom is -0.337 e. The van der Waals surface area contributed by atoms with E-state index in [-0.39, 0.29) is 17.8 Å². The summed E-state index contributed by atoms with van der Waals surface area (Å²) in [4.78, 5) is 21.3. The number of nitrogens with zero attached hydrogens (tertiary/aromatic N) is 3. The van der Waals surface area contributed by atoms with Crippen LogP contribution in [-0.2, 0) is 17.6 Å². The second kappa shape index (κ2) is 7.40. The summed E-state index contributed by atoms with van der Waals surface area (Å²) in [6.45, 7) is 4.71. The molecule has 1 atom stereocenters. The molecule has 1 amide bonds. The first kappa shape index (κ1) is 17.0. The van der Waals surface area contributed by atoms with Crippen LogP contribution in [0.5, 0.6) is 0 Å². The molecule has 4 nitrogen and oxygen atoms in total. The Hall–Kier alpha value is -1.79. The Labute approximate surface area is 145 Å². The average molecular weight is 347 g/mol. The minimum absolute atomic E-state index is 0.147. The number of carbonyl (C=O) groups excluding carboxylic acids is 1. The van der Waals surface area contributed by atoms with Gasteiger partial charge < -0.3 is 9.80 Å². The molecule has 0 bridgehead atoms. The van der Waals surface area contributed by atoms with Gasteiger partial charge in [0.15, 0.2) is 0 Å². The number of amides is 1. The van der Waals surface area contributed by atoms with Crippen molar-refractivity contribution in [2.75, 3.05) is 26.7 Å². The van der Waals surface area contributed by atoms with E-state index in [4.69, 9.17) is 0 Å². The van der Waals surface area contributed by atoms with Crippen LogP contribution in [0, 0.1) is 5.82 Å². The summed E-state index contributed by atoms with van der Waals surface area (Å²) in [5, 5.41) is 2.91. The number of halogens is 1. The fourth-order valence-electron chi connectivity index (χ4n) is 3.05. The molecule has 1 aliphatic heterocycles. The largest absolute Gasteiger partial charge is 0.337 e. The molecule has 2 aromatic rings. The lowest BCUT2D eigenvalue weighted by molar-refractivity contribution is -0.134. The molecule has 1 aliphatic rings. The van der Waals surface area contributed by atoms with Crippen LogP contribution in [0.25, 0.3) is 0 Å². The summed E-state index contributed by atoms with van der Waals surface area (Å²) < 4.78 is 12.9. The first-order chi connectivity index (χ1) is 11.5. The lowest BCUT2D eigenvalue weighted by Gasteiger charge is -2.38. The predicted molar refractivity (Wildman–Crippen MR) is 93.7 cm³/mol. The highest BCUT2D eigenvalue weighted by atomic mass is 32.1. The molecule has 0 unspecified atom stereocenters. The number of aromatic nitrogens is 1. The van der Waals surface area contributed by atoms with Crippen molar-refractivity contribution >= 4 is 17.2 Å². The summed E-state index contributed by atoms with van der Waals surface area (Å²) in [5.41, 5.74) is 1.85. The molecule has 1 aromatic heterocycles. The SMILES string of the molecule is C[C@@H]1CN(C)CCN1C(=O)Cc1csc(Cc2ccc(F)cc2)n1. The van der Waals surface area contributed by atoms with Crippen LogP contribution < -0.4 is 0 Å². The summed E-state index contributed by atoms with van der Waals surface area (Å²) in [7, 11) is 2.08. The number of likely N-dealkylation sites (N-methyl/N-ethyl adjacent to an activating group) is 1. The Balaban J connectivity index is 1.59. The van der Waals surface area contributed by atoms with E-state index >= 15 is 0 Å². The Morgan fingerprint density at radius 2 is 2.08 bits per heavy atom. The number of rotatable bonds is 4. The summed E-state index contributed by atoms with van der Waals surface area (Å²) in [6.07, 6.45) is 1.03. The topological polar surface area (TPSA) is 36.4 Å². The zero-order valence-electron chi connectivity index (χ0n) is 14.0. The third-order valence-corrected chi connectivity index (χ3v) is 5.25. The van der Waals surface area contributed by atoms with Gasteiger partial charge in [0.1, 0.15) is 5.82 Å². The zero-order chi connectivity index (χ0) is 17.1. The van der Waals surface area contributed by atoms with Crippen LogP contribution in [0.4, 0.5) is 4.39 Å². The maximum Gasteiger partial charge on any atom is 0.228 e. The van der Waals surface area contributed by atoms with Gasteiger partial charge in [-0.3, -0.25) is 4.79 Å². The number of benzene rings is 1. The van der Waals surface area contributed by atoms with Gasteiger partial charge in [0.25, 0.3) is 0 Å². The van der Waals surface area contributed by atoms with E-state index in [1.165, 1.54) is 12.1 Å². The molecule has 0 saturated carbocycles. The van der Waals surface area contributed by atoms with Crippen LogP contribution in [0.15, 0.2) is 29.6 Å². The van der Waals surface area contributed by atoms with E-state index < -0.39 is 0 Å². The normalized spacial score (nSPS) is 18.8. The van der Waals surface area contributed by atoms with Crippen molar-refractivity contribution in [2.45, 2.75) is 25.8 Å². The fraction of sp³-hybridized carbons (Fsp3) is 0.444. The predicted octanol–water partition coefficient (Wildman–Crippen LogP) is 2.58. The molecule has 128 valence electrons. The quantitative estimate of drug-likeness (QED) is 0.853. The lowest BCUT2D eigenvalue weighted by atomic mass is 10.1. The molecule has 0 spiro atoms. The van der Waals surface area contributed by atoms with Gasteiger partial charge >= 0.3 is 0 Å². The van der Waals surface area contributed by atoms with Crippen LogP contribution in [-0.4, -0.2) is 53.4 Å². The standard InChI is InChI=1S/C18H22FN3OS/c1-13-11-21(2)7-8-22(13)18(23)10-16-12-24-17(20-16)9-14-3-5-15(19)6-4-14/h3-6,12-13H,7-11H2,1-2H3/t13-/m1/s1. The molecule has 24 heavy (non-hydrogen) atoms. The Bertz CT molecular complexity index is 701. The van der Waals surface area contributed by atoms with Crippen molar-refractivity contribution in [2.24, 2.45) is 0 Å². The van der Waals surface area contributed by atoms with E-state index in [0.29, 0.717) is 12.8 Å². The molecule has 1 saturated heterocycles. The van der Waals surface area contributed by atoms with Gasteiger partial charge in [-0.15, -0.1) is 11.3 Å². The number of hydrogen-bond acceptors (Lipinski definition) is 4. The highest BCUT2D eigenvalue weighted by molar-refractivity contribution is 7.09. The average Bonchev–Trinajstić information content (AvgIpc) is 2.96. The lowest BCUT2D eigenvalue weighted by Crippen LogP contribution is -2.53. The fourth-order valence-corrected chi connectivity index (χ4v) is 3.88. The Kier molecular flexibility index (Phi) is 5.26. The van der Waals surface area contributed by atoms with Crippen molar-refractivity contribution < 1.29 is 9.18 Å². The first-order valence-corrected chi connectivity index (χ1v) is 9.05. The smallest absolute Gasteiger partial charge is 0.228 e. The highest BCUT2D eigenvalue weighted by Crippen LogP contribution is 2.17. The maximum absolute atomic E-state index is 12.9. The van der Waals surface area contributed by atoms with Gasteiger partial charge in [0, 0.05) is 37.5 Å². The number of thiazole rings is 1. The molecule has 1 aromatic carbocycles. The molecular weight excluding hydrogens is 325 g/mol. The van der Waals surface area contributed by atoms with Crippen LogP contribution in [0.1, 0.15) is 23.2 Å².